The van der Waals surface area contributed by atoms with Gasteiger partial charge in [0.2, 0.25) is 0 Å². The average molecular weight is 493 g/mol. The molecule has 2 rings (SSSR count). The van der Waals surface area contributed by atoms with Crippen molar-refractivity contribution in [2.24, 2.45) is 16.5 Å². The minimum Gasteiger partial charge on any atom is -0.390 e. The highest BCUT2D eigenvalue weighted by Gasteiger charge is 1.90. The van der Waals surface area contributed by atoms with Crippen LogP contribution in [0.25, 0.3) is 0 Å². The number of hydrogen-bond donors (Lipinski definition) is 5. The molecule has 35 heavy (non-hydrogen) atoms. The number of nitrogens with two attached hydrogens (primary N) is 2. The van der Waals surface area contributed by atoms with Crippen molar-refractivity contribution in [2.75, 3.05) is 0 Å². The zero-order chi connectivity index (χ0) is 29.5. The number of rotatable bonds is 3. The molecule has 0 aliphatic rings. The molecule has 0 aliphatic carbocycles. The fourth-order valence-corrected chi connectivity index (χ4v) is 1.31. The molecule has 0 atom stereocenters. The highest BCUT2D eigenvalue weighted by Crippen LogP contribution is 2.05. The van der Waals surface area contributed by atoms with Crippen LogP contribution in [0.4, 0.5) is 5.82 Å². The maximum absolute atomic E-state index is 6.90. The van der Waals surface area contributed by atoms with Crippen LogP contribution < -0.4 is 11.5 Å². The van der Waals surface area contributed by atoms with Crippen LogP contribution in [0.3, 0.4) is 0 Å². The van der Waals surface area contributed by atoms with Crippen LogP contribution in [0, 0.1) is 23.2 Å². The quantitative estimate of drug-likeness (QED) is 0.218. The number of hydrogen-bond acceptors (Lipinski definition) is 6. The van der Waals surface area contributed by atoms with Gasteiger partial charge >= 0.3 is 0 Å². The molecule has 7 N–H and O–H groups in total. The molecule has 0 amide bonds. The van der Waals surface area contributed by atoms with E-state index in [-0.39, 0.29) is 0 Å². The summed E-state index contributed by atoms with van der Waals surface area (Å²) in [6, 6.07) is 10.8. The van der Waals surface area contributed by atoms with E-state index in [4.69, 9.17) is 22.0 Å². The van der Waals surface area contributed by atoms with Crippen molar-refractivity contribution in [1.82, 2.24) is 9.97 Å². The van der Waals surface area contributed by atoms with Crippen molar-refractivity contribution in [3.8, 4) is 0 Å². The summed E-state index contributed by atoms with van der Waals surface area (Å²) in [6.45, 7) is 25.9. The first-order valence-electron chi connectivity index (χ1n) is 12.5. The molecule has 8 heteroatoms. The second-order valence-electron chi connectivity index (χ2n) is 3.86. The molecule has 204 valence electrons. The molecule has 0 bridgehead atoms. The monoisotopic (exact) mass is 492 g/mol. The first kappa shape index (κ1) is 48.9. The van der Waals surface area contributed by atoms with Crippen LogP contribution in [0.2, 0.25) is 0 Å². The van der Waals surface area contributed by atoms with Crippen LogP contribution in [0.1, 0.15) is 100 Å². The fourth-order valence-electron chi connectivity index (χ4n) is 1.31. The Labute approximate surface area is 217 Å². The van der Waals surface area contributed by atoms with E-state index in [2.05, 4.69) is 20.7 Å². The average Bonchev–Trinajstić information content (AvgIpc) is 2.96. The standard InChI is InChI=1S/C7H8N4.C7H8N2.6C2H6.CH4N2/c8-4-6-2-1-3-7(11-6)10-5-9;1-6-3-2-4-7(5-8)9-6;6*1-2;2-1-3/h1-5,8H,(H2,9,10,11);2-5,8H,1H3;6*1-2H3;1H,(H3,2,3). The number of aryl methyl sites for hydroxylation is 1. The lowest BCUT2D eigenvalue weighted by Crippen LogP contribution is -1.89. The Morgan fingerprint density at radius 3 is 1.26 bits per heavy atom. The topological polar surface area (TPSA) is 162 Å². The highest BCUT2D eigenvalue weighted by molar-refractivity contribution is 5.75. The number of nitrogens with one attached hydrogen (secondary N) is 3. The Morgan fingerprint density at radius 2 is 0.971 bits per heavy atom. The van der Waals surface area contributed by atoms with Gasteiger partial charge in [-0.15, -0.1) is 0 Å². The van der Waals surface area contributed by atoms with Crippen molar-refractivity contribution in [3.05, 3.63) is 53.5 Å². The molecule has 0 saturated carbocycles. The minimum absolute atomic E-state index is 0.522. The minimum atomic E-state index is 0.522. The van der Waals surface area contributed by atoms with E-state index in [1.165, 1.54) is 12.6 Å². The number of aromatic nitrogens is 2. The number of nitrogens with zero attached hydrogens (tertiary/aromatic N) is 3. The zero-order valence-electron chi connectivity index (χ0n) is 24.8. The first-order valence-corrected chi connectivity index (χ1v) is 12.5. The summed E-state index contributed by atoms with van der Waals surface area (Å²) in [5.41, 5.74) is 11.7. The molecule has 0 aromatic carbocycles. The number of aliphatic imine (C=N–C) groups is 1. The predicted molar refractivity (Wildman–Crippen MR) is 162 cm³/mol. The lowest BCUT2D eigenvalue weighted by molar-refractivity contribution is 1.18. The van der Waals surface area contributed by atoms with Crippen molar-refractivity contribution in [3.63, 3.8) is 0 Å². The predicted octanol–water partition coefficient (Wildman–Crippen LogP) is 7.79. The maximum atomic E-state index is 6.90. The van der Waals surface area contributed by atoms with Crippen LogP contribution >= 0.6 is 0 Å². The molecule has 0 radical (unpaired) electrons. The Morgan fingerprint density at radius 1 is 0.629 bits per heavy atom. The van der Waals surface area contributed by atoms with Gasteiger partial charge in [0.15, 0.2) is 5.82 Å². The molecule has 8 nitrogen and oxygen atoms in total. The normalized spacial score (nSPS) is 6.89. The van der Waals surface area contributed by atoms with E-state index < -0.39 is 0 Å². The first-order chi connectivity index (χ1) is 17.1. The highest BCUT2D eigenvalue weighted by atomic mass is 14.9. The molecule has 0 unspecified atom stereocenters. The van der Waals surface area contributed by atoms with Gasteiger partial charge in [-0.05, 0) is 31.2 Å². The van der Waals surface area contributed by atoms with Crippen molar-refractivity contribution in [1.29, 1.82) is 16.2 Å². The van der Waals surface area contributed by atoms with Crippen LogP contribution in [0.15, 0.2) is 41.4 Å². The SMILES string of the molecule is CC.CC.CC.CC.CC.CC.Cc1cccc(C=N)n1.N=CN.N=Cc1cccc(N=CN)n1. The van der Waals surface area contributed by atoms with Gasteiger partial charge in [-0.25, -0.2) is 9.98 Å². The van der Waals surface area contributed by atoms with Gasteiger partial charge in [0.1, 0.15) is 0 Å². The Bertz CT molecular complexity index is 657. The third-order valence-electron chi connectivity index (χ3n) is 2.17. The molecule has 0 saturated heterocycles. The van der Waals surface area contributed by atoms with Gasteiger partial charge in [0.25, 0.3) is 0 Å². The lowest BCUT2D eigenvalue weighted by atomic mass is 10.3. The largest absolute Gasteiger partial charge is 0.390 e. The Hall–Kier alpha value is -3.42. The van der Waals surface area contributed by atoms with E-state index in [0.29, 0.717) is 11.5 Å². The van der Waals surface area contributed by atoms with Gasteiger partial charge in [0, 0.05) is 18.1 Å². The molecule has 2 heterocycles. The molecule has 2 aromatic heterocycles. The summed E-state index contributed by atoms with van der Waals surface area (Å²) in [4.78, 5) is 11.8. The van der Waals surface area contributed by atoms with Crippen molar-refractivity contribution < 1.29 is 0 Å². The lowest BCUT2D eigenvalue weighted by Gasteiger charge is -1.92. The summed E-state index contributed by atoms with van der Waals surface area (Å²) in [5.74, 6) is 0.522. The summed E-state index contributed by atoms with van der Waals surface area (Å²) < 4.78 is 0. The molecule has 2 aromatic rings. The van der Waals surface area contributed by atoms with Crippen molar-refractivity contribution in [2.45, 2.75) is 90.0 Å². The van der Waals surface area contributed by atoms with Gasteiger partial charge in [-0.3, -0.25) is 10.4 Å². The second-order valence-corrected chi connectivity index (χ2v) is 3.86. The van der Waals surface area contributed by atoms with Gasteiger partial charge < -0.3 is 22.3 Å². The molecule has 0 aliphatic heterocycles. The van der Waals surface area contributed by atoms with Crippen molar-refractivity contribution >= 4 is 30.9 Å². The molecular weight excluding hydrogens is 436 g/mol. The van der Waals surface area contributed by atoms with Crippen LogP contribution in [0.5, 0.6) is 0 Å². The molecular formula is C27H56N8. The van der Waals surface area contributed by atoms with Crippen LogP contribution in [-0.4, -0.2) is 35.1 Å². The second kappa shape index (κ2) is 57.5. The molecule has 0 fully saturated rings. The Balaban J connectivity index is -0.0000000587. The third kappa shape index (κ3) is 44.9. The summed E-state index contributed by atoms with van der Waals surface area (Å²) in [7, 11) is 0. The smallest absolute Gasteiger partial charge is 0.154 e. The maximum Gasteiger partial charge on any atom is 0.154 e. The van der Waals surface area contributed by atoms with E-state index in [0.717, 1.165) is 23.9 Å². The van der Waals surface area contributed by atoms with E-state index in [1.807, 2.05) is 102 Å². The van der Waals surface area contributed by atoms with E-state index >= 15 is 0 Å². The number of pyridine rings is 2. The van der Waals surface area contributed by atoms with Gasteiger partial charge in [0.05, 0.1) is 24.1 Å². The van der Waals surface area contributed by atoms with Gasteiger partial charge in [-0.1, -0.05) is 95.2 Å². The summed E-state index contributed by atoms with van der Waals surface area (Å²) in [5, 5.41) is 19.6. The fraction of sp³-hybridized carbons (Fsp3) is 0.481. The van der Waals surface area contributed by atoms with Gasteiger partial charge in [-0.2, -0.15) is 0 Å². The Kier molecular flexibility index (Phi) is 80.2. The third-order valence-corrected chi connectivity index (χ3v) is 2.17. The van der Waals surface area contributed by atoms with Crippen LogP contribution in [-0.2, 0) is 0 Å². The summed E-state index contributed by atoms with van der Waals surface area (Å²) >= 11 is 0. The summed E-state index contributed by atoms with van der Waals surface area (Å²) in [6.07, 6.45) is 4.33. The van der Waals surface area contributed by atoms with E-state index in [9.17, 15) is 0 Å². The van der Waals surface area contributed by atoms with E-state index in [1.54, 1.807) is 24.3 Å². The zero-order valence-corrected chi connectivity index (χ0v) is 24.8. The molecule has 0 spiro atoms.